The number of benzene rings is 2. The van der Waals surface area contributed by atoms with E-state index in [2.05, 4.69) is 69.5 Å². The Bertz CT molecular complexity index is 894. The summed E-state index contributed by atoms with van der Waals surface area (Å²) in [5.74, 6) is 0.773. The van der Waals surface area contributed by atoms with Gasteiger partial charge in [0.05, 0.1) is 0 Å². The van der Waals surface area contributed by atoms with E-state index in [1.165, 1.54) is 11.1 Å². The normalized spacial score (nSPS) is 23.5. The van der Waals surface area contributed by atoms with Gasteiger partial charge in [0.25, 0.3) is 0 Å². The fraction of sp³-hybridized carbons (Fsp3) is 0.481. The molecule has 2 aromatic rings. The summed E-state index contributed by atoms with van der Waals surface area (Å²) in [6, 6.07) is 16.4. The summed E-state index contributed by atoms with van der Waals surface area (Å²) in [5.41, 5.74) is 4.43. The van der Waals surface area contributed by atoms with Crippen molar-refractivity contribution in [3.63, 3.8) is 0 Å². The molecule has 2 aliphatic rings. The third-order valence-corrected chi connectivity index (χ3v) is 7.23. The first-order valence-corrected chi connectivity index (χ1v) is 11.4. The van der Waals surface area contributed by atoms with Crippen molar-refractivity contribution in [2.24, 2.45) is 22.7 Å². The van der Waals surface area contributed by atoms with E-state index in [9.17, 15) is 9.59 Å². The molecule has 2 saturated carbocycles. The molecular formula is C27H34N2O2. The number of amides is 2. The molecule has 2 aromatic carbocycles. The Balaban J connectivity index is 1.39. The summed E-state index contributed by atoms with van der Waals surface area (Å²) in [5, 5.41) is 6.10. The molecule has 2 fully saturated rings. The maximum Gasteiger partial charge on any atom is 0.228 e. The Morgan fingerprint density at radius 3 is 1.35 bits per heavy atom. The van der Waals surface area contributed by atoms with Gasteiger partial charge in [-0.05, 0) is 65.5 Å². The molecule has 0 aromatic heterocycles. The second-order valence-electron chi connectivity index (χ2n) is 10.7. The van der Waals surface area contributed by atoms with E-state index in [0.717, 1.165) is 30.6 Å². The van der Waals surface area contributed by atoms with Crippen molar-refractivity contribution in [2.45, 2.75) is 59.8 Å². The highest BCUT2D eigenvalue weighted by molar-refractivity contribution is 5.95. The first-order valence-electron chi connectivity index (χ1n) is 11.4. The quantitative estimate of drug-likeness (QED) is 0.562. The van der Waals surface area contributed by atoms with E-state index in [4.69, 9.17) is 0 Å². The predicted molar refractivity (Wildman–Crippen MR) is 126 cm³/mol. The Hall–Kier alpha value is -2.62. The van der Waals surface area contributed by atoms with Crippen molar-refractivity contribution in [1.82, 2.24) is 0 Å². The van der Waals surface area contributed by atoms with E-state index >= 15 is 0 Å². The lowest BCUT2D eigenvalue weighted by atomic mass is 9.89. The molecule has 31 heavy (non-hydrogen) atoms. The van der Waals surface area contributed by atoms with Crippen LogP contribution in [-0.2, 0) is 9.59 Å². The highest BCUT2D eigenvalue weighted by Gasteiger charge is 2.51. The standard InChI is InChI=1S/C27H34N2O2/c1-6-21(17-7-11-19(12-8-17)28-24(30)22-15-26(22,2)3)18-9-13-20(14-10-18)29-25(31)23-16-27(23,4)5/h7-14,21-23H,6,15-16H2,1-5H3,(H,28,30)(H,29,31). The van der Waals surface area contributed by atoms with Gasteiger partial charge < -0.3 is 10.6 Å². The van der Waals surface area contributed by atoms with Gasteiger partial charge >= 0.3 is 0 Å². The predicted octanol–water partition coefficient (Wildman–Crippen LogP) is 6.20. The molecule has 4 rings (SSSR count). The van der Waals surface area contributed by atoms with Gasteiger partial charge in [-0.25, -0.2) is 0 Å². The lowest BCUT2D eigenvalue weighted by molar-refractivity contribution is -0.118. The number of anilines is 2. The van der Waals surface area contributed by atoms with Crippen LogP contribution >= 0.6 is 0 Å². The summed E-state index contributed by atoms with van der Waals surface area (Å²) in [4.78, 5) is 24.7. The molecule has 4 nitrogen and oxygen atoms in total. The minimum absolute atomic E-state index is 0.122. The molecule has 0 aliphatic heterocycles. The summed E-state index contributed by atoms with van der Waals surface area (Å²) in [6.07, 6.45) is 2.90. The van der Waals surface area contributed by atoms with E-state index in [0.29, 0.717) is 0 Å². The zero-order chi connectivity index (χ0) is 22.4. The van der Waals surface area contributed by atoms with Gasteiger partial charge in [-0.15, -0.1) is 0 Å². The lowest BCUT2D eigenvalue weighted by Crippen LogP contribution is -2.16. The fourth-order valence-electron chi connectivity index (χ4n) is 4.55. The molecule has 2 unspecified atom stereocenters. The zero-order valence-corrected chi connectivity index (χ0v) is 19.3. The fourth-order valence-corrected chi connectivity index (χ4v) is 4.55. The van der Waals surface area contributed by atoms with Crippen LogP contribution < -0.4 is 10.6 Å². The number of carbonyl (C=O) groups is 2. The highest BCUT2D eigenvalue weighted by Crippen LogP contribution is 2.52. The molecule has 2 N–H and O–H groups in total. The summed E-state index contributed by atoms with van der Waals surface area (Å²) in [7, 11) is 0. The van der Waals surface area contributed by atoms with E-state index < -0.39 is 0 Å². The molecule has 4 heteroatoms. The van der Waals surface area contributed by atoms with Gasteiger partial charge in [0.2, 0.25) is 11.8 Å². The van der Waals surface area contributed by atoms with Gasteiger partial charge in [-0.2, -0.15) is 0 Å². The molecule has 0 radical (unpaired) electrons. The van der Waals surface area contributed by atoms with Gasteiger partial charge in [0, 0.05) is 29.1 Å². The Morgan fingerprint density at radius 2 is 1.10 bits per heavy atom. The van der Waals surface area contributed by atoms with Crippen molar-refractivity contribution in [3.8, 4) is 0 Å². The van der Waals surface area contributed by atoms with Gasteiger partial charge in [-0.1, -0.05) is 58.9 Å². The first kappa shape index (κ1) is 21.6. The summed E-state index contributed by atoms with van der Waals surface area (Å²) in [6.45, 7) is 10.7. The topological polar surface area (TPSA) is 58.2 Å². The second kappa shape index (κ2) is 7.81. The van der Waals surface area contributed by atoms with Crippen LogP contribution in [0.2, 0.25) is 0 Å². The molecule has 2 atom stereocenters. The smallest absolute Gasteiger partial charge is 0.228 e. The highest BCUT2D eigenvalue weighted by atomic mass is 16.2. The third-order valence-electron chi connectivity index (χ3n) is 7.23. The van der Waals surface area contributed by atoms with Crippen molar-refractivity contribution in [2.75, 3.05) is 10.6 Å². The Labute approximate surface area is 185 Å². The van der Waals surface area contributed by atoms with Crippen LogP contribution in [0.25, 0.3) is 0 Å². The van der Waals surface area contributed by atoms with Crippen molar-refractivity contribution >= 4 is 23.2 Å². The molecular weight excluding hydrogens is 384 g/mol. The Kier molecular flexibility index (Phi) is 5.45. The van der Waals surface area contributed by atoms with Gasteiger partial charge in [-0.3, -0.25) is 9.59 Å². The maximum atomic E-state index is 12.3. The molecule has 0 saturated heterocycles. The van der Waals surface area contributed by atoms with Crippen molar-refractivity contribution in [1.29, 1.82) is 0 Å². The maximum absolute atomic E-state index is 12.3. The molecule has 0 spiro atoms. The van der Waals surface area contributed by atoms with Crippen LogP contribution in [0.4, 0.5) is 11.4 Å². The first-order chi connectivity index (χ1) is 14.6. The van der Waals surface area contributed by atoms with E-state index in [-0.39, 0.29) is 40.4 Å². The number of carbonyl (C=O) groups excluding carboxylic acids is 2. The molecule has 2 aliphatic carbocycles. The molecule has 2 amide bonds. The summed E-state index contributed by atoms with van der Waals surface area (Å²) >= 11 is 0. The van der Waals surface area contributed by atoms with Crippen molar-refractivity contribution < 1.29 is 9.59 Å². The van der Waals surface area contributed by atoms with Gasteiger partial charge in [0.15, 0.2) is 0 Å². The van der Waals surface area contributed by atoms with Gasteiger partial charge in [0.1, 0.15) is 0 Å². The van der Waals surface area contributed by atoms with Crippen LogP contribution in [0, 0.1) is 22.7 Å². The van der Waals surface area contributed by atoms with Crippen molar-refractivity contribution in [3.05, 3.63) is 59.7 Å². The molecule has 164 valence electrons. The van der Waals surface area contributed by atoms with Crippen LogP contribution in [0.5, 0.6) is 0 Å². The minimum atomic E-state index is 0.122. The third kappa shape index (κ3) is 4.68. The molecule has 0 bridgehead atoms. The van der Waals surface area contributed by atoms with E-state index in [1.807, 2.05) is 24.3 Å². The second-order valence-corrected chi connectivity index (χ2v) is 10.7. The zero-order valence-electron chi connectivity index (χ0n) is 19.3. The molecule has 0 heterocycles. The number of rotatable bonds is 7. The SMILES string of the molecule is CCC(c1ccc(NC(=O)C2CC2(C)C)cc1)c1ccc(NC(=O)C2CC2(C)C)cc1. The van der Waals surface area contributed by atoms with Crippen LogP contribution in [0.1, 0.15) is 70.9 Å². The Morgan fingerprint density at radius 1 is 0.774 bits per heavy atom. The summed E-state index contributed by atoms with van der Waals surface area (Å²) < 4.78 is 0. The average molecular weight is 419 g/mol. The number of nitrogens with one attached hydrogen (secondary N) is 2. The largest absolute Gasteiger partial charge is 0.326 e. The average Bonchev–Trinajstić information content (AvgIpc) is 3.58. The van der Waals surface area contributed by atoms with E-state index in [1.54, 1.807) is 0 Å². The van der Waals surface area contributed by atoms with Crippen LogP contribution in [-0.4, -0.2) is 11.8 Å². The minimum Gasteiger partial charge on any atom is -0.326 e. The van der Waals surface area contributed by atoms with Crippen LogP contribution in [0.3, 0.4) is 0 Å². The number of hydrogen-bond acceptors (Lipinski definition) is 2. The van der Waals surface area contributed by atoms with Crippen LogP contribution in [0.15, 0.2) is 48.5 Å². The monoisotopic (exact) mass is 418 g/mol. The lowest BCUT2D eigenvalue weighted by Gasteiger charge is -2.17. The number of hydrogen-bond donors (Lipinski definition) is 2.